The summed E-state index contributed by atoms with van der Waals surface area (Å²) >= 11 is 5.83. The van der Waals surface area contributed by atoms with Gasteiger partial charge in [0.15, 0.2) is 0 Å². The third-order valence-electron chi connectivity index (χ3n) is 4.97. The fraction of sp³-hybridized carbons (Fsp3) is 0.227. The van der Waals surface area contributed by atoms with Gasteiger partial charge in [-0.3, -0.25) is 9.78 Å². The second-order valence-electron chi connectivity index (χ2n) is 7.23. The van der Waals surface area contributed by atoms with E-state index in [0.29, 0.717) is 36.9 Å². The van der Waals surface area contributed by atoms with Crippen LogP contribution in [-0.4, -0.2) is 43.8 Å². The van der Waals surface area contributed by atoms with Crippen molar-refractivity contribution in [2.45, 2.75) is 12.8 Å². The minimum absolute atomic E-state index is 0.0359. The first-order chi connectivity index (χ1) is 14.5. The maximum absolute atomic E-state index is 13.3. The van der Waals surface area contributed by atoms with Crippen molar-refractivity contribution < 1.29 is 9.18 Å². The third kappa shape index (κ3) is 4.52. The lowest BCUT2D eigenvalue weighted by Gasteiger charge is -2.38. The Morgan fingerprint density at radius 3 is 2.70 bits per heavy atom. The Bertz CT molecular complexity index is 1080. The van der Waals surface area contributed by atoms with Crippen LogP contribution < -0.4 is 0 Å². The van der Waals surface area contributed by atoms with E-state index >= 15 is 0 Å². The van der Waals surface area contributed by atoms with Crippen molar-refractivity contribution in [1.82, 2.24) is 24.8 Å². The molecule has 0 saturated carbocycles. The molecule has 2 aromatic heterocycles. The normalized spacial score (nSPS) is 13.7. The number of carbonyl (C=O) groups is 1. The highest BCUT2D eigenvalue weighted by atomic mass is 35.5. The number of hydrogen-bond acceptors (Lipinski definition) is 5. The van der Waals surface area contributed by atoms with Crippen LogP contribution in [0.1, 0.15) is 17.1 Å². The van der Waals surface area contributed by atoms with Gasteiger partial charge in [0.1, 0.15) is 11.6 Å². The molecule has 0 radical (unpaired) electrons. The molecule has 0 atom stereocenters. The summed E-state index contributed by atoms with van der Waals surface area (Å²) in [6, 6.07) is 4.58. The number of amides is 1. The average Bonchev–Trinajstić information content (AvgIpc) is 2.73. The zero-order valence-electron chi connectivity index (χ0n) is 16.1. The Hall–Kier alpha value is -3.19. The summed E-state index contributed by atoms with van der Waals surface area (Å²) in [6.07, 6.45) is 9.37. The highest BCUT2D eigenvalue weighted by molar-refractivity contribution is 6.30. The van der Waals surface area contributed by atoms with Crippen molar-refractivity contribution in [3.63, 3.8) is 0 Å². The van der Waals surface area contributed by atoms with Gasteiger partial charge in [-0.2, -0.15) is 0 Å². The van der Waals surface area contributed by atoms with E-state index in [1.54, 1.807) is 41.8 Å². The molecule has 30 heavy (non-hydrogen) atoms. The van der Waals surface area contributed by atoms with Gasteiger partial charge in [-0.15, -0.1) is 0 Å². The Labute approximate surface area is 178 Å². The van der Waals surface area contributed by atoms with E-state index in [4.69, 9.17) is 11.6 Å². The average molecular weight is 424 g/mol. The number of nitrogens with zero attached hydrogens (tertiary/aromatic N) is 5. The topological polar surface area (TPSA) is 71.9 Å². The van der Waals surface area contributed by atoms with Crippen LogP contribution in [-0.2, 0) is 17.6 Å². The first-order valence-electron chi connectivity index (χ1n) is 9.49. The van der Waals surface area contributed by atoms with Crippen LogP contribution >= 0.6 is 11.6 Å². The van der Waals surface area contributed by atoms with E-state index in [9.17, 15) is 9.18 Å². The fourth-order valence-electron chi connectivity index (χ4n) is 3.36. The van der Waals surface area contributed by atoms with Gasteiger partial charge in [0.25, 0.3) is 0 Å². The third-order valence-corrected chi connectivity index (χ3v) is 5.26. The van der Waals surface area contributed by atoms with Gasteiger partial charge in [-0.1, -0.05) is 24.2 Å². The Balaban J connectivity index is 1.40. The molecule has 1 aliphatic heterocycles. The smallest absolute Gasteiger partial charge is 0.245 e. The van der Waals surface area contributed by atoms with Crippen molar-refractivity contribution in [3.8, 4) is 11.3 Å². The summed E-state index contributed by atoms with van der Waals surface area (Å²) in [5.74, 6) is 0.495. The molecule has 4 rings (SSSR count). The fourth-order valence-corrected chi connectivity index (χ4v) is 3.56. The van der Waals surface area contributed by atoms with E-state index in [1.807, 2.05) is 0 Å². The van der Waals surface area contributed by atoms with E-state index in [2.05, 4.69) is 26.5 Å². The highest BCUT2D eigenvalue weighted by Crippen LogP contribution is 2.22. The van der Waals surface area contributed by atoms with E-state index < -0.39 is 5.82 Å². The monoisotopic (exact) mass is 423 g/mol. The molecular formula is C22H19ClFN5O. The van der Waals surface area contributed by atoms with Gasteiger partial charge in [-0.25, -0.2) is 19.3 Å². The van der Waals surface area contributed by atoms with Crippen molar-refractivity contribution in [3.05, 3.63) is 83.6 Å². The van der Waals surface area contributed by atoms with Crippen molar-refractivity contribution >= 4 is 17.5 Å². The quantitative estimate of drug-likeness (QED) is 0.567. The number of rotatable bonds is 6. The summed E-state index contributed by atoms with van der Waals surface area (Å²) in [5, 5.41) is 0.0830. The van der Waals surface area contributed by atoms with Gasteiger partial charge < -0.3 is 4.90 Å². The number of benzene rings is 1. The molecule has 1 fully saturated rings. The first kappa shape index (κ1) is 20.1. The summed E-state index contributed by atoms with van der Waals surface area (Å²) in [4.78, 5) is 31.0. The molecule has 1 aromatic carbocycles. The van der Waals surface area contributed by atoms with Gasteiger partial charge in [0.2, 0.25) is 5.91 Å². The molecule has 0 spiro atoms. The molecule has 1 saturated heterocycles. The minimum atomic E-state index is -0.447. The van der Waals surface area contributed by atoms with Crippen LogP contribution in [0.4, 0.5) is 4.39 Å². The molecule has 0 unspecified atom stereocenters. The second-order valence-corrected chi connectivity index (χ2v) is 7.63. The summed E-state index contributed by atoms with van der Waals surface area (Å²) in [6.45, 7) is 4.93. The Kier molecular flexibility index (Phi) is 5.81. The van der Waals surface area contributed by atoms with Gasteiger partial charge >= 0.3 is 0 Å². The van der Waals surface area contributed by atoms with Crippen LogP contribution in [0.15, 0.2) is 55.6 Å². The van der Waals surface area contributed by atoms with E-state index in [0.717, 1.165) is 23.2 Å². The predicted molar refractivity (Wildman–Crippen MR) is 111 cm³/mol. The lowest BCUT2D eigenvalue weighted by molar-refractivity contribution is -0.132. The molecule has 152 valence electrons. The standard InChI is InChI=1S/C22H19ClFN5O/c1-2-22(30)29-12-15(13-29)5-17-10-25-11-20(28-17)16-8-26-21(27-9-16)7-14-3-4-19(24)18(23)6-14/h2-4,6,8-11,15H,1,5,7,12-13H2. The van der Waals surface area contributed by atoms with Gasteiger partial charge in [0, 0.05) is 43.7 Å². The van der Waals surface area contributed by atoms with Gasteiger partial charge in [-0.05, 0) is 36.1 Å². The molecule has 3 aromatic rings. The lowest BCUT2D eigenvalue weighted by Crippen LogP contribution is -2.50. The van der Waals surface area contributed by atoms with Crippen molar-refractivity contribution in [2.75, 3.05) is 13.1 Å². The van der Waals surface area contributed by atoms with E-state index in [-0.39, 0.29) is 10.9 Å². The highest BCUT2D eigenvalue weighted by Gasteiger charge is 2.29. The predicted octanol–water partition coefficient (Wildman–Crippen LogP) is 3.50. The maximum Gasteiger partial charge on any atom is 0.245 e. The summed E-state index contributed by atoms with van der Waals surface area (Å²) in [7, 11) is 0. The molecule has 6 nitrogen and oxygen atoms in total. The zero-order chi connectivity index (χ0) is 21.1. The molecule has 3 heterocycles. The van der Waals surface area contributed by atoms with Crippen LogP contribution in [0.3, 0.4) is 0 Å². The Morgan fingerprint density at radius 1 is 1.23 bits per heavy atom. The number of hydrogen-bond donors (Lipinski definition) is 0. The Morgan fingerprint density at radius 2 is 2.00 bits per heavy atom. The van der Waals surface area contributed by atoms with E-state index in [1.165, 1.54) is 12.1 Å². The molecule has 8 heteroatoms. The van der Waals surface area contributed by atoms with Crippen LogP contribution in [0.2, 0.25) is 5.02 Å². The van der Waals surface area contributed by atoms with Crippen LogP contribution in [0.5, 0.6) is 0 Å². The maximum atomic E-state index is 13.3. The molecule has 1 aliphatic rings. The van der Waals surface area contributed by atoms with Crippen LogP contribution in [0, 0.1) is 11.7 Å². The SMILES string of the molecule is C=CC(=O)N1CC(Cc2cncc(-c3cnc(Cc4ccc(F)c(Cl)c4)nc3)n2)C1. The van der Waals surface area contributed by atoms with Crippen LogP contribution in [0.25, 0.3) is 11.3 Å². The summed E-state index contributed by atoms with van der Waals surface area (Å²) < 4.78 is 13.3. The summed E-state index contributed by atoms with van der Waals surface area (Å²) in [5.41, 5.74) is 3.16. The lowest BCUT2D eigenvalue weighted by atomic mass is 9.94. The number of likely N-dealkylation sites (tertiary alicyclic amines) is 1. The number of carbonyl (C=O) groups excluding carboxylic acids is 1. The number of aromatic nitrogens is 4. The zero-order valence-corrected chi connectivity index (χ0v) is 16.9. The van der Waals surface area contributed by atoms with Crippen molar-refractivity contribution in [2.24, 2.45) is 5.92 Å². The largest absolute Gasteiger partial charge is 0.338 e. The van der Waals surface area contributed by atoms with Crippen molar-refractivity contribution in [1.29, 1.82) is 0 Å². The minimum Gasteiger partial charge on any atom is -0.338 e. The first-order valence-corrected chi connectivity index (χ1v) is 9.87. The molecule has 1 amide bonds. The molecular weight excluding hydrogens is 405 g/mol. The number of halogens is 2. The molecule has 0 bridgehead atoms. The van der Waals surface area contributed by atoms with Gasteiger partial charge in [0.05, 0.1) is 22.6 Å². The molecule has 0 N–H and O–H groups in total. The second kappa shape index (κ2) is 8.67. The molecule has 0 aliphatic carbocycles.